The number of carbonyl (C=O) groups is 1. The molecule has 1 fully saturated rings. The Labute approximate surface area is 127 Å². The minimum atomic E-state index is -4.39. The van der Waals surface area contributed by atoms with Crippen LogP contribution in [0.5, 0.6) is 0 Å². The maximum absolute atomic E-state index is 12.8. The fourth-order valence-electron chi connectivity index (χ4n) is 2.37. The zero-order valence-corrected chi connectivity index (χ0v) is 12.2. The SMILES string of the molecule is Cl.O=C(CC1CCCN1)NCc1ccccc1C(F)(F)F. The fourth-order valence-corrected chi connectivity index (χ4v) is 2.37. The Bertz CT molecular complexity index is 474. The van der Waals surface area contributed by atoms with E-state index < -0.39 is 11.7 Å². The van der Waals surface area contributed by atoms with Gasteiger partial charge in [0.2, 0.25) is 5.91 Å². The minimum Gasteiger partial charge on any atom is -0.352 e. The van der Waals surface area contributed by atoms with E-state index in [2.05, 4.69) is 10.6 Å². The van der Waals surface area contributed by atoms with Crippen molar-refractivity contribution >= 4 is 18.3 Å². The molecule has 1 atom stereocenters. The Morgan fingerprint density at radius 1 is 1.33 bits per heavy atom. The highest BCUT2D eigenvalue weighted by molar-refractivity contribution is 5.85. The monoisotopic (exact) mass is 322 g/mol. The van der Waals surface area contributed by atoms with Gasteiger partial charge >= 0.3 is 6.18 Å². The van der Waals surface area contributed by atoms with Gasteiger partial charge in [-0.3, -0.25) is 4.79 Å². The number of halogens is 4. The summed E-state index contributed by atoms with van der Waals surface area (Å²) in [6.07, 6.45) is -2.11. The van der Waals surface area contributed by atoms with Gasteiger partial charge in [0.15, 0.2) is 0 Å². The third-order valence-corrected chi connectivity index (χ3v) is 3.39. The van der Waals surface area contributed by atoms with Gasteiger partial charge < -0.3 is 10.6 Å². The van der Waals surface area contributed by atoms with Crippen LogP contribution in [-0.4, -0.2) is 18.5 Å². The van der Waals surface area contributed by atoms with Crippen molar-refractivity contribution in [1.29, 1.82) is 0 Å². The Morgan fingerprint density at radius 2 is 2.05 bits per heavy atom. The smallest absolute Gasteiger partial charge is 0.352 e. The standard InChI is InChI=1S/C14H17F3N2O.ClH/c15-14(16,17)12-6-2-1-4-10(12)9-19-13(20)8-11-5-3-7-18-11;/h1-2,4,6,11,18H,3,5,7-9H2,(H,19,20);1H. The van der Waals surface area contributed by atoms with Gasteiger partial charge in [-0.15, -0.1) is 12.4 Å². The van der Waals surface area contributed by atoms with E-state index in [0.717, 1.165) is 25.5 Å². The maximum Gasteiger partial charge on any atom is 0.416 e. The number of amides is 1. The molecular weight excluding hydrogens is 305 g/mol. The molecule has 0 saturated carbocycles. The number of nitrogens with one attached hydrogen (secondary N) is 2. The molecule has 0 radical (unpaired) electrons. The van der Waals surface area contributed by atoms with Crippen LogP contribution in [0.2, 0.25) is 0 Å². The van der Waals surface area contributed by atoms with Gasteiger partial charge in [-0.05, 0) is 31.0 Å². The molecule has 2 N–H and O–H groups in total. The van der Waals surface area contributed by atoms with Crippen molar-refractivity contribution in [2.24, 2.45) is 0 Å². The van der Waals surface area contributed by atoms with Gasteiger partial charge in [-0.1, -0.05) is 18.2 Å². The summed E-state index contributed by atoms with van der Waals surface area (Å²) in [4.78, 5) is 11.7. The van der Waals surface area contributed by atoms with Gasteiger partial charge in [0, 0.05) is 19.0 Å². The van der Waals surface area contributed by atoms with Crippen molar-refractivity contribution in [3.8, 4) is 0 Å². The van der Waals surface area contributed by atoms with E-state index in [1.807, 2.05) is 0 Å². The van der Waals surface area contributed by atoms with Crippen LogP contribution < -0.4 is 10.6 Å². The first-order valence-corrected chi connectivity index (χ1v) is 6.62. The first kappa shape index (κ1) is 17.8. The number of hydrogen-bond acceptors (Lipinski definition) is 2. The zero-order valence-electron chi connectivity index (χ0n) is 11.4. The summed E-state index contributed by atoms with van der Waals surface area (Å²) in [6.45, 7) is 0.802. The highest BCUT2D eigenvalue weighted by atomic mass is 35.5. The van der Waals surface area contributed by atoms with Gasteiger partial charge in [0.25, 0.3) is 0 Å². The largest absolute Gasteiger partial charge is 0.416 e. The molecule has 21 heavy (non-hydrogen) atoms. The Hall–Kier alpha value is -1.27. The molecule has 118 valence electrons. The molecule has 0 bridgehead atoms. The van der Waals surface area contributed by atoms with E-state index in [1.165, 1.54) is 18.2 Å². The first-order chi connectivity index (χ1) is 9.47. The third-order valence-electron chi connectivity index (χ3n) is 3.39. The first-order valence-electron chi connectivity index (χ1n) is 6.62. The molecule has 1 saturated heterocycles. The maximum atomic E-state index is 12.8. The van der Waals surface area contributed by atoms with Crippen molar-refractivity contribution in [2.45, 2.75) is 38.0 Å². The van der Waals surface area contributed by atoms with Crippen molar-refractivity contribution in [1.82, 2.24) is 10.6 Å². The summed E-state index contributed by atoms with van der Waals surface area (Å²) in [5, 5.41) is 5.74. The molecule has 1 aromatic rings. The third kappa shape index (κ3) is 5.21. The van der Waals surface area contributed by atoms with Crippen molar-refractivity contribution < 1.29 is 18.0 Å². The zero-order chi connectivity index (χ0) is 14.6. The molecule has 1 aliphatic heterocycles. The second kappa shape index (κ2) is 7.66. The lowest BCUT2D eigenvalue weighted by Gasteiger charge is -2.14. The molecule has 0 aromatic heterocycles. The van der Waals surface area contributed by atoms with Crippen LogP contribution >= 0.6 is 12.4 Å². The predicted molar refractivity (Wildman–Crippen MR) is 76.2 cm³/mol. The number of rotatable bonds is 4. The predicted octanol–water partition coefficient (Wildman–Crippen LogP) is 2.89. The van der Waals surface area contributed by atoms with Crippen LogP contribution in [0.1, 0.15) is 30.4 Å². The lowest BCUT2D eigenvalue weighted by molar-refractivity contribution is -0.138. The minimum absolute atomic E-state index is 0. The van der Waals surface area contributed by atoms with Gasteiger partial charge in [0.05, 0.1) is 5.56 Å². The molecule has 0 spiro atoms. The summed E-state index contributed by atoms with van der Waals surface area (Å²) in [6, 6.07) is 5.44. The molecule has 1 amide bonds. The molecule has 2 rings (SSSR count). The van der Waals surface area contributed by atoms with E-state index >= 15 is 0 Å². The summed E-state index contributed by atoms with van der Waals surface area (Å²) in [5.74, 6) is -0.221. The summed E-state index contributed by atoms with van der Waals surface area (Å²) >= 11 is 0. The van der Waals surface area contributed by atoms with Crippen LogP contribution in [-0.2, 0) is 17.5 Å². The quantitative estimate of drug-likeness (QED) is 0.895. The number of hydrogen-bond donors (Lipinski definition) is 2. The van der Waals surface area contributed by atoms with Gasteiger partial charge in [-0.2, -0.15) is 13.2 Å². The normalized spacial score (nSPS) is 18.1. The molecule has 3 nitrogen and oxygen atoms in total. The van der Waals surface area contributed by atoms with Crippen LogP contribution in [0.4, 0.5) is 13.2 Å². The average Bonchev–Trinajstić information content (AvgIpc) is 2.88. The van der Waals surface area contributed by atoms with E-state index in [9.17, 15) is 18.0 Å². The van der Waals surface area contributed by atoms with Crippen LogP contribution in [0.3, 0.4) is 0 Å². The number of benzene rings is 1. The topological polar surface area (TPSA) is 41.1 Å². The highest BCUT2D eigenvalue weighted by Gasteiger charge is 2.32. The van der Waals surface area contributed by atoms with Crippen LogP contribution in [0.25, 0.3) is 0 Å². The van der Waals surface area contributed by atoms with E-state index in [1.54, 1.807) is 0 Å². The fraction of sp³-hybridized carbons (Fsp3) is 0.500. The molecule has 1 heterocycles. The number of alkyl halides is 3. The molecule has 0 aliphatic carbocycles. The van der Waals surface area contributed by atoms with E-state index in [4.69, 9.17) is 0 Å². The molecule has 1 aliphatic rings. The second-order valence-corrected chi connectivity index (χ2v) is 4.93. The molecule has 1 unspecified atom stereocenters. The second-order valence-electron chi connectivity index (χ2n) is 4.93. The average molecular weight is 323 g/mol. The lowest BCUT2D eigenvalue weighted by Crippen LogP contribution is -2.32. The van der Waals surface area contributed by atoms with E-state index in [-0.39, 0.29) is 36.5 Å². The van der Waals surface area contributed by atoms with Crippen LogP contribution in [0, 0.1) is 0 Å². The number of carbonyl (C=O) groups excluding carboxylic acids is 1. The van der Waals surface area contributed by atoms with Crippen molar-refractivity contribution in [3.05, 3.63) is 35.4 Å². The van der Waals surface area contributed by atoms with Gasteiger partial charge in [-0.25, -0.2) is 0 Å². The summed E-state index contributed by atoms with van der Waals surface area (Å²) in [5.41, 5.74) is -0.605. The van der Waals surface area contributed by atoms with Crippen molar-refractivity contribution in [3.63, 3.8) is 0 Å². The summed E-state index contributed by atoms with van der Waals surface area (Å²) < 4.78 is 38.3. The molecular formula is C14H18ClF3N2O. The van der Waals surface area contributed by atoms with Crippen molar-refractivity contribution in [2.75, 3.05) is 6.54 Å². The Morgan fingerprint density at radius 3 is 2.67 bits per heavy atom. The molecule has 7 heteroatoms. The Kier molecular flexibility index (Phi) is 6.48. The summed E-state index contributed by atoms with van der Waals surface area (Å²) in [7, 11) is 0. The lowest BCUT2D eigenvalue weighted by atomic mass is 10.1. The van der Waals surface area contributed by atoms with Crippen LogP contribution in [0.15, 0.2) is 24.3 Å². The van der Waals surface area contributed by atoms with Gasteiger partial charge in [0.1, 0.15) is 0 Å². The molecule has 1 aromatic carbocycles. The van der Waals surface area contributed by atoms with E-state index in [0.29, 0.717) is 6.42 Å². The Balaban J connectivity index is 0.00000220. The highest BCUT2D eigenvalue weighted by Crippen LogP contribution is 2.31.